The van der Waals surface area contributed by atoms with Gasteiger partial charge in [-0.3, -0.25) is 10.1 Å². The molecule has 3 heterocycles. The van der Waals surface area contributed by atoms with E-state index in [0.29, 0.717) is 12.0 Å². The van der Waals surface area contributed by atoms with Gasteiger partial charge >= 0.3 is 0 Å². The normalized spacial score (nSPS) is 28.8. The van der Waals surface area contributed by atoms with E-state index >= 15 is 0 Å². The Balaban J connectivity index is 1.84. The van der Waals surface area contributed by atoms with E-state index in [2.05, 4.69) is 53.5 Å². The van der Waals surface area contributed by atoms with Crippen molar-refractivity contribution in [1.82, 2.24) is 15.1 Å². The van der Waals surface area contributed by atoms with Gasteiger partial charge < -0.3 is 9.80 Å². The zero-order chi connectivity index (χ0) is 15.0. The van der Waals surface area contributed by atoms with Gasteiger partial charge in [0.1, 0.15) is 6.17 Å². The van der Waals surface area contributed by atoms with E-state index in [9.17, 15) is 4.79 Å². The monoisotopic (exact) mass is 307 g/mol. The highest BCUT2D eigenvalue weighted by atomic mass is 32.1. The van der Waals surface area contributed by atoms with Crippen molar-refractivity contribution in [2.45, 2.75) is 44.9 Å². The smallest absolute Gasteiger partial charge is 0.241 e. The Morgan fingerprint density at radius 3 is 2.62 bits per heavy atom. The molecule has 116 valence electrons. The van der Waals surface area contributed by atoms with Gasteiger partial charge in [-0.2, -0.15) is 0 Å². The quantitative estimate of drug-likeness (QED) is 0.931. The average Bonchev–Trinajstić information content (AvgIpc) is 3.07. The molecule has 0 bridgehead atoms. The molecule has 1 aromatic heterocycles. The Hall–Kier alpha value is -0.910. The van der Waals surface area contributed by atoms with Crippen LogP contribution in [0.5, 0.6) is 0 Å². The van der Waals surface area contributed by atoms with Gasteiger partial charge in [-0.05, 0) is 50.3 Å². The number of rotatable bonds is 3. The van der Waals surface area contributed by atoms with E-state index in [-0.39, 0.29) is 18.1 Å². The van der Waals surface area contributed by atoms with Crippen LogP contribution in [0.25, 0.3) is 0 Å². The zero-order valence-electron chi connectivity index (χ0n) is 13.1. The average molecular weight is 307 g/mol. The molecule has 21 heavy (non-hydrogen) atoms. The first-order valence-corrected chi connectivity index (χ1v) is 8.76. The van der Waals surface area contributed by atoms with Crippen molar-refractivity contribution in [2.24, 2.45) is 5.92 Å². The first kappa shape index (κ1) is 15.0. The van der Waals surface area contributed by atoms with Crippen molar-refractivity contribution in [3.05, 3.63) is 22.4 Å². The largest absolute Gasteiger partial charge is 0.318 e. The molecule has 0 aliphatic carbocycles. The predicted octanol–water partition coefficient (Wildman–Crippen LogP) is 2.30. The second-order valence-electron chi connectivity index (χ2n) is 6.59. The van der Waals surface area contributed by atoms with Crippen LogP contribution in [0.15, 0.2) is 17.5 Å². The summed E-state index contributed by atoms with van der Waals surface area (Å²) in [6.07, 6.45) is 2.23. The number of piperidine rings is 1. The molecule has 1 amide bonds. The third kappa shape index (κ3) is 2.87. The third-order valence-corrected chi connectivity index (χ3v) is 5.62. The van der Waals surface area contributed by atoms with Gasteiger partial charge in [-0.15, -0.1) is 11.3 Å². The van der Waals surface area contributed by atoms with E-state index in [1.54, 1.807) is 11.3 Å². The summed E-state index contributed by atoms with van der Waals surface area (Å²) >= 11 is 1.74. The lowest BCUT2D eigenvalue weighted by Gasteiger charge is -2.37. The molecule has 2 aliphatic heterocycles. The Labute approximate surface area is 131 Å². The molecule has 0 aromatic carbocycles. The number of nitrogens with zero attached hydrogens (tertiary/aromatic N) is 2. The molecule has 2 unspecified atom stereocenters. The predicted molar refractivity (Wildman–Crippen MR) is 86.2 cm³/mol. The summed E-state index contributed by atoms with van der Waals surface area (Å²) < 4.78 is 0. The van der Waals surface area contributed by atoms with Crippen LogP contribution in [-0.2, 0) is 4.79 Å². The summed E-state index contributed by atoms with van der Waals surface area (Å²) in [6.45, 7) is 6.41. The number of carbonyl (C=O) groups excluding carboxylic acids is 1. The maximum absolute atomic E-state index is 12.9. The summed E-state index contributed by atoms with van der Waals surface area (Å²) in [5.74, 6) is 0.620. The molecule has 4 nitrogen and oxygen atoms in total. The molecule has 0 radical (unpaired) electrons. The van der Waals surface area contributed by atoms with E-state index in [0.717, 1.165) is 25.9 Å². The van der Waals surface area contributed by atoms with Crippen LogP contribution < -0.4 is 5.32 Å². The number of hydrogen-bond acceptors (Lipinski definition) is 4. The van der Waals surface area contributed by atoms with Crippen molar-refractivity contribution in [3.8, 4) is 0 Å². The molecule has 3 rings (SSSR count). The summed E-state index contributed by atoms with van der Waals surface area (Å²) in [6, 6.07) is 4.54. The van der Waals surface area contributed by atoms with Gasteiger partial charge in [0.25, 0.3) is 0 Å². The standard InChI is InChI=1S/C16H25N3OS/c1-11(2)14-16(20)19(12-6-8-18(3)9-7-12)15(17-14)13-5-4-10-21-13/h4-5,10-12,14-15,17H,6-9H2,1-3H3. The molecular weight excluding hydrogens is 282 g/mol. The lowest BCUT2D eigenvalue weighted by Crippen LogP contribution is -2.46. The second-order valence-corrected chi connectivity index (χ2v) is 7.57. The fourth-order valence-electron chi connectivity index (χ4n) is 3.42. The summed E-state index contributed by atoms with van der Waals surface area (Å²) in [7, 11) is 2.16. The molecule has 2 fully saturated rings. The van der Waals surface area contributed by atoms with Crippen LogP contribution in [0.3, 0.4) is 0 Å². The van der Waals surface area contributed by atoms with Crippen molar-refractivity contribution >= 4 is 17.2 Å². The third-order valence-electron chi connectivity index (χ3n) is 4.70. The number of thiophene rings is 1. The maximum Gasteiger partial charge on any atom is 0.241 e. The number of carbonyl (C=O) groups is 1. The highest BCUT2D eigenvalue weighted by molar-refractivity contribution is 7.10. The van der Waals surface area contributed by atoms with E-state index in [4.69, 9.17) is 0 Å². The maximum atomic E-state index is 12.9. The highest BCUT2D eigenvalue weighted by Gasteiger charge is 2.44. The molecule has 2 aliphatic rings. The minimum Gasteiger partial charge on any atom is -0.318 e. The Morgan fingerprint density at radius 1 is 1.33 bits per heavy atom. The lowest BCUT2D eigenvalue weighted by atomic mass is 10.0. The molecule has 2 saturated heterocycles. The van der Waals surface area contributed by atoms with Crippen LogP contribution >= 0.6 is 11.3 Å². The molecular formula is C16H25N3OS. The van der Waals surface area contributed by atoms with Crippen molar-refractivity contribution in [2.75, 3.05) is 20.1 Å². The van der Waals surface area contributed by atoms with Gasteiger partial charge in [0.2, 0.25) is 5.91 Å². The van der Waals surface area contributed by atoms with Gasteiger partial charge in [-0.25, -0.2) is 0 Å². The minimum absolute atomic E-state index is 0.0447. The summed E-state index contributed by atoms with van der Waals surface area (Å²) in [5.41, 5.74) is 0. The molecule has 0 spiro atoms. The van der Waals surface area contributed by atoms with Crippen molar-refractivity contribution in [1.29, 1.82) is 0 Å². The second kappa shape index (κ2) is 6.07. The van der Waals surface area contributed by atoms with E-state index < -0.39 is 0 Å². The van der Waals surface area contributed by atoms with Crippen LogP contribution in [-0.4, -0.2) is 47.9 Å². The lowest BCUT2D eigenvalue weighted by molar-refractivity contribution is -0.134. The van der Waals surface area contributed by atoms with Gasteiger partial charge in [0.15, 0.2) is 0 Å². The summed E-state index contributed by atoms with van der Waals surface area (Å²) in [4.78, 5) is 18.6. The fraction of sp³-hybridized carbons (Fsp3) is 0.688. The highest BCUT2D eigenvalue weighted by Crippen LogP contribution is 2.34. The fourth-order valence-corrected chi connectivity index (χ4v) is 4.20. The Bertz CT molecular complexity index is 480. The van der Waals surface area contributed by atoms with E-state index in [1.165, 1.54) is 4.88 Å². The summed E-state index contributed by atoms with van der Waals surface area (Å²) in [5, 5.41) is 5.67. The first-order chi connectivity index (χ1) is 10.1. The molecule has 1 aromatic rings. The first-order valence-electron chi connectivity index (χ1n) is 7.88. The minimum atomic E-state index is -0.0447. The van der Waals surface area contributed by atoms with Crippen molar-refractivity contribution in [3.63, 3.8) is 0 Å². The molecule has 0 saturated carbocycles. The number of hydrogen-bond donors (Lipinski definition) is 1. The van der Waals surface area contributed by atoms with Gasteiger partial charge in [0, 0.05) is 10.9 Å². The number of amides is 1. The molecule has 1 N–H and O–H groups in total. The topological polar surface area (TPSA) is 35.6 Å². The molecule has 2 atom stereocenters. The van der Waals surface area contributed by atoms with Gasteiger partial charge in [-0.1, -0.05) is 19.9 Å². The molecule has 5 heteroatoms. The van der Waals surface area contributed by atoms with Crippen LogP contribution in [0.4, 0.5) is 0 Å². The number of nitrogens with one attached hydrogen (secondary N) is 1. The van der Waals surface area contributed by atoms with Crippen LogP contribution in [0, 0.1) is 5.92 Å². The SMILES string of the molecule is CC(C)C1NC(c2cccs2)N(C2CCN(C)CC2)C1=O. The number of likely N-dealkylation sites (tertiary alicyclic amines) is 1. The van der Waals surface area contributed by atoms with E-state index in [1.807, 2.05) is 0 Å². The van der Waals surface area contributed by atoms with Gasteiger partial charge in [0.05, 0.1) is 6.04 Å². The van der Waals surface area contributed by atoms with Crippen molar-refractivity contribution < 1.29 is 4.79 Å². The Kier molecular flexibility index (Phi) is 4.33. The Morgan fingerprint density at radius 2 is 2.05 bits per heavy atom. The van der Waals surface area contributed by atoms with Crippen LogP contribution in [0.2, 0.25) is 0 Å². The van der Waals surface area contributed by atoms with Crippen LogP contribution in [0.1, 0.15) is 37.7 Å². The zero-order valence-corrected chi connectivity index (χ0v) is 13.9.